The lowest BCUT2D eigenvalue weighted by Crippen LogP contribution is -2.38. The van der Waals surface area contributed by atoms with Crippen molar-refractivity contribution in [3.8, 4) is 0 Å². The van der Waals surface area contributed by atoms with Crippen molar-refractivity contribution < 1.29 is 9.21 Å². The zero-order valence-corrected chi connectivity index (χ0v) is 15.8. The molecule has 1 aliphatic heterocycles. The van der Waals surface area contributed by atoms with Crippen LogP contribution in [0.4, 0.5) is 0 Å². The molecule has 0 bridgehead atoms. The summed E-state index contributed by atoms with van der Waals surface area (Å²) in [4.78, 5) is 19.2. The first kappa shape index (κ1) is 16.6. The van der Waals surface area contributed by atoms with Crippen LogP contribution >= 0.6 is 27.5 Å². The quantitative estimate of drug-likeness (QED) is 0.569. The number of benzene rings is 2. The van der Waals surface area contributed by atoms with E-state index in [4.69, 9.17) is 16.0 Å². The number of likely N-dealkylation sites (tertiary alicyclic amines) is 1. The molecule has 0 aliphatic carbocycles. The van der Waals surface area contributed by atoms with Gasteiger partial charge < -0.3 is 9.32 Å². The van der Waals surface area contributed by atoms with Crippen LogP contribution in [0.25, 0.3) is 11.1 Å². The Labute approximate surface area is 158 Å². The van der Waals surface area contributed by atoms with Crippen LogP contribution in [0.1, 0.15) is 35.0 Å². The second-order valence-electron chi connectivity index (χ2n) is 6.21. The van der Waals surface area contributed by atoms with Crippen LogP contribution < -0.4 is 0 Å². The number of hydrogen-bond acceptors (Lipinski definition) is 3. The minimum Gasteiger partial charge on any atom is -0.440 e. The number of para-hydroxylation sites is 2. The highest BCUT2D eigenvalue weighted by molar-refractivity contribution is 9.10. The molecule has 1 aromatic heterocycles. The summed E-state index contributed by atoms with van der Waals surface area (Å²) >= 11 is 9.58. The zero-order valence-electron chi connectivity index (χ0n) is 13.4. The van der Waals surface area contributed by atoms with Gasteiger partial charge >= 0.3 is 0 Å². The molecule has 1 fully saturated rings. The van der Waals surface area contributed by atoms with Gasteiger partial charge in [0.05, 0.1) is 10.6 Å². The first-order chi connectivity index (χ1) is 12.1. The average molecular weight is 420 g/mol. The smallest absolute Gasteiger partial charge is 0.255 e. The van der Waals surface area contributed by atoms with Crippen molar-refractivity contribution in [1.82, 2.24) is 9.88 Å². The molecule has 2 aromatic carbocycles. The average Bonchev–Trinajstić information content (AvgIpc) is 3.07. The highest BCUT2D eigenvalue weighted by atomic mass is 79.9. The number of fused-ring (bicyclic) bond motifs is 1. The van der Waals surface area contributed by atoms with Crippen LogP contribution in [0.5, 0.6) is 0 Å². The van der Waals surface area contributed by atoms with E-state index in [1.807, 2.05) is 35.2 Å². The lowest BCUT2D eigenvalue weighted by Gasteiger charge is -2.31. The van der Waals surface area contributed by atoms with E-state index in [1.54, 1.807) is 12.1 Å². The molecule has 0 atom stereocenters. The number of aromatic nitrogens is 1. The molecule has 1 amide bonds. The molecular weight excluding hydrogens is 404 g/mol. The highest BCUT2D eigenvalue weighted by Gasteiger charge is 2.28. The van der Waals surface area contributed by atoms with Crippen molar-refractivity contribution in [2.45, 2.75) is 18.8 Å². The van der Waals surface area contributed by atoms with Crippen LogP contribution in [0.2, 0.25) is 5.02 Å². The van der Waals surface area contributed by atoms with Gasteiger partial charge in [0.15, 0.2) is 11.5 Å². The fourth-order valence-electron chi connectivity index (χ4n) is 3.23. The van der Waals surface area contributed by atoms with Gasteiger partial charge in [-0.1, -0.05) is 39.7 Å². The predicted molar refractivity (Wildman–Crippen MR) is 101 cm³/mol. The number of piperidine rings is 1. The molecule has 0 N–H and O–H groups in total. The standard InChI is InChI=1S/C19H16BrClN2O2/c20-13-5-6-15(21)14(11-13)19(24)23-9-7-12(8-10-23)18-22-16-3-1-2-4-17(16)25-18/h1-6,11-12H,7-10H2. The Bertz CT molecular complexity index is 899. The SMILES string of the molecule is O=C(c1cc(Br)ccc1Cl)N1CCC(c2nc3ccccc3o2)CC1. The molecule has 0 saturated carbocycles. The van der Waals surface area contributed by atoms with Crippen molar-refractivity contribution in [3.05, 3.63) is 63.4 Å². The van der Waals surface area contributed by atoms with Crippen molar-refractivity contribution in [1.29, 1.82) is 0 Å². The molecule has 2 heterocycles. The molecule has 4 rings (SSSR count). The molecule has 1 aliphatic rings. The third-order valence-electron chi connectivity index (χ3n) is 4.60. The summed E-state index contributed by atoms with van der Waals surface area (Å²) < 4.78 is 6.73. The van der Waals surface area contributed by atoms with E-state index < -0.39 is 0 Å². The van der Waals surface area contributed by atoms with Crippen molar-refractivity contribution >= 4 is 44.5 Å². The van der Waals surface area contributed by atoms with Crippen LogP contribution in [0.3, 0.4) is 0 Å². The topological polar surface area (TPSA) is 46.3 Å². The van der Waals surface area contributed by atoms with E-state index in [9.17, 15) is 4.79 Å². The summed E-state index contributed by atoms with van der Waals surface area (Å²) in [6.45, 7) is 1.34. The molecule has 0 unspecified atom stereocenters. The monoisotopic (exact) mass is 418 g/mol. The third kappa shape index (κ3) is 3.31. The van der Waals surface area contributed by atoms with Gasteiger partial charge in [0, 0.05) is 23.5 Å². The Hall–Kier alpha value is -1.85. The minimum absolute atomic E-state index is 0.0256. The molecule has 25 heavy (non-hydrogen) atoms. The number of halogens is 2. The second kappa shape index (κ2) is 6.81. The molecule has 4 nitrogen and oxygen atoms in total. The largest absolute Gasteiger partial charge is 0.440 e. The van der Waals surface area contributed by atoms with Gasteiger partial charge in [-0.2, -0.15) is 0 Å². The molecule has 128 valence electrons. The lowest BCUT2D eigenvalue weighted by molar-refractivity contribution is 0.0707. The van der Waals surface area contributed by atoms with Crippen LogP contribution in [-0.4, -0.2) is 28.9 Å². The number of nitrogens with zero attached hydrogens (tertiary/aromatic N) is 2. The number of oxazole rings is 1. The summed E-state index contributed by atoms with van der Waals surface area (Å²) in [7, 11) is 0. The Kier molecular flexibility index (Phi) is 4.52. The summed E-state index contributed by atoms with van der Waals surface area (Å²) in [5.74, 6) is 0.991. The van der Waals surface area contributed by atoms with Gasteiger partial charge in [-0.05, 0) is 43.2 Å². The minimum atomic E-state index is -0.0256. The third-order valence-corrected chi connectivity index (χ3v) is 5.42. The van der Waals surface area contributed by atoms with Gasteiger partial charge in [-0.3, -0.25) is 4.79 Å². The number of carbonyl (C=O) groups is 1. The maximum atomic E-state index is 12.7. The number of rotatable bonds is 2. The predicted octanol–water partition coefficient (Wildman–Crippen LogP) is 5.26. The van der Waals surface area contributed by atoms with Gasteiger partial charge in [0.1, 0.15) is 5.52 Å². The first-order valence-corrected chi connectivity index (χ1v) is 9.39. The fraction of sp³-hybridized carbons (Fsp3) is 0.263. The fourth-order valence-corrected chi connectivity index (χ4v) is 3.79. The molecule has 6 heteroatoms. The summed E-state index contributed by atoms with van der Waals surface area (Å²) in [6, 6.07) is 13.1. The maximum Gasteiger partial charge on any atom is 0.255 e. The van der Waals surface area contributed by atoms with Crippen molar-refractivity contribution in [2.24, 2.45) is 0 Å². The van der Waals surface area contributed by atoms with Gasteiger partial charge in [-0.15, -0.1) is 0 Å². The summed E-state index contributed by atoms with van der Waals surface area (Å²) in [5, 5.41) is 0.481. The Morgan fingerprint density at radius 2 is 1.96 bits per heavy atom. The van der Waals surface area contributed by atoms with Gasteiger partial charge in [0.25, 0.3) is 5.91 Å². The Balaban J connectivity index is 1.47. The van der Waals surface area contributed by atoms with Gasteiger partial charge in [0.2, 0.25) is 0 Å². The zero-order chi connectivity index (χ0) is 17.4. The van der Waals surface area contributed by atoms with Gasteiger partial charge in [-0.25, -0.2) is 4.98 Å². The van der Waals surface area contributed by atoms with E-state index >= 15 is 0 Å². The van der Waals surface area contributed by atoms with E-state index in [-0.39, 0.29) is 11.8 Å². The van der Waals surface area contributed by atoms with E-state index in [0.717, 1.165) is 34.3 Å². The highest BCUT2D eigenvalue weighted by Crippen LogP contribution is 2.31. The lowest BCUT2D eigenvalue weighted by atomic mass is 9.96. The van der Waals surface area contributed by atoms with E-state index in [2.05, 4.69) is 20.9 Å². The number of amides is 1. The van der Waals surface area contributed by atoms with E-state index in [1.165, 1.54) is 0 Å². The number of hydrogen-bond donors (Lipinski definition) is 0. The maximum absolute atomic E-state index is 12.7. The Morgan fingerprint density at radius 1 is 1.20 bits per heavy atom. The molecule has 3 aromatic rings. The van der Waals surface area contributed by atoms with Crippen LogP contribution in [0.15, 0.2) is 51.4 Å². The summed E-state index contributed by atoms with van der Waals surface area (Å²) in [5.41, 5.74) is 2.24. The molecular formula is C19H16BrClN2O2. The summed E-state index contributed by atoms with van der Waals surface area (Å²) in [6.07, 6.45) is 1.67. The normalized spacial score (nSPS) is 15.7. The van der Waals surface area contributed by atoms with Crippen LogP contribution in [0, 0.1) is 0 Å². The molecule has 1 saturated heterocycles. The Morgan fingerprint density at radius 3 is 2.72 bits per heavy atom. The van der Waals surface area contributed by atoms with Crippen molar-refractivity contribution in [3.63, 3.8) is 0 Å². The second-order valence-corrected chi connectivity index (χ2v) is 7.53. The van der Waals surface area contributed by atoms with Crippen molar-refractivity contribution in [2.75, 3.05) is 13.1 Å². The van der Waals surface area contributed by atoms with Crippen LogP contribution in [-0.2, 0) is 0 Å². The van der Waals surface area contributed by atoms with E-state index in [0.29, 0.717) is 23.7 Å². The first-order valence-electron chi connectivity index (χ1n) is 8.21. The molecule has 0 spiro atoms. The molecule has 0 radical (unpaired) electrons. The number of carbonyl (C=O) groups excluding carboxylic acids is 1.